The van der Waals surface area contributed by atoms with Gasteiger partial charge in [0.25, 0.3) is 5.91 Å². The third-order valence-corrected chi connectivity index (χ3v) is 4.82. The average Bonchev–Trinajstić information content (AvgIpc) is 3.23. The van der Waals surface area contributed by atoms with Crippen LogP contribution in [-0.2, 0) is 6.54 Å². The number of H-pyrrole nitrogens is 1. The van der Waals surface area contributed by atoms with Gasteiger partial charge in [-0.2, -0.15) is 15.4 Å². The van der Waals surface area contributed by atoms with Crippen molar-refractivity contribution in [3.8, 4) is 11.5 Å². The highest BCUT2D eigenvalue weighted by Crippen LogP contribution is 2.28. The Kier molecular flexibility index (Phi) is 7.02. The van der Waals surface area contributed by atoms with E-state index in [2.05, 4.69) is 39.5 Å². The minimum atomic E-state index is -0.173. The first kappa shape index (κ1) is 20.6. The predicted octanol–water partition coefficient (Wildman–Crippen LogP) is 2.62. The van der Waals surface area contributed by atoms with Gasteiger partial charge in [0.05, 0.1) is 7.11 Å². The second kappa shape index (κ2) is 9.88. The molecule has 3 rings (SSSR count). The van der Waals surface area contributed by atoms with Crippen LogP contribution in [0, 0.1) is 0 Å². The Morgan fingerprint density at radius 3 is 2.62 bits per heavy atom. The standard InChI is InChI=1S/C21H27N5O3/c1-4-26(5-2)10-11-29-19-9-6-15(12-20(19)28-3)14-22-21(27)16-7-8-17-18(13-16)24-25-23-17/h6-9,12-13H,4-5,10-11,14H2,1-3H3,(H,22,27)(H,23,24,25). The van der Waals surface area contributed by atoms with Crippen molar-refractivity contribution in [2.45, 2.75) is 20.4 Å². The summed E-state index contributed by atoms with van der Waals surface area (Å²) in [5, 5.41) is 13.5. The fraction of sp³-hybridized carbons (Fsp3) is 0.381. The number of carbonyl (C=O) groups excluding carboxylic acids is 1. The summed E-state index contributed by atoms with van der Waals surface area (Å²) in [7, 11) is 1.61. The molecule has 2 N–H and O–H groups in total. The Morgan fingerprint density at radius 2 is 1.86 bits per heavy atom. The Hall–Kier alpha value is -3.13. The van der Waals surface area contributed by atoms with Crippen molar-refractivity contribution in [1.29, 1.82) is 0 Å². The monoisotopic (exact) mass is 397 g/mol. The van der Waals surface area contributed by atoms with E-state index in [0.29, 0.717) is 35.7 Å². The molecule has 29 heavy (non-hydrogen) atoms. The Balaban J connectivity index is 1.58. The van der Waals surface area contributed by atoms with Gasteiger partial charge in [-0.1, -0.05) is 19.9 Å². The Morgan fingerprint density at radius 1 is 1.07 bits per heavy atom. The van der Waals surface area contributed by atoms with Gasteiger partial charge in [0.15, 0.2) is 11.5 Å². The van der Waals surface area contributed by atoms with Crippen molar-refractivity contribution in [2.24, 2.45) is 0 Å². The lowest BCUT2D eigenvalue weighted by molar-refractivity contribution is 0.0951. The summed E-state index contributed by atoms with van der Waals surface area (Å²) in [6, 6.07) is 10.9. The maximum absolute atomic E-state index is 12.4. The van der Waals surface area contributed by atoms with Gasteiger partial charge in [0.2, 0.25) is 0 Å². The number of hydrogen-bond acceptors (Lipinski definition) is 6. The van der Waals surface area contributed by atoms with Crippen LogP contribution < -0.4 is 14.8 Å². The molecular weight excluding hydrogens is 370 g/mol. The highest BCUT2D eigenvalue weighted by atomic mass is 16.5. The van der Waals surface area contributed by atoms with Crippen LogP contribution in [0.1, 0.15) is 29.8 Å². The first-order valence-corrected chi connectivity index (χ1v) is 9.75. The summed E-state index contributed by atoms with van der Waals surface area (Å²) in [5.74, 6) is 1.18. The molecule has 0 spiro atoms. The summed E-state index contributed by atoms with van der Waals surface area (Å²) >= 11 is 0. The Bertz CT molecular complexity index is 952. The van der Waals surface area contributed by atoms with Crippen molar-refractivity contribution in [2.75, 3.05) is 33.4 Å². The van der Waals surface area contributed by atoms with Crippen molar-refractivity contribution in [3.63, 3.8) is 0 Å². The average molecular weight is 397 g/mol. The van der Waals surface area contributed by atoms with Crippen LogP contribution in [-0.4, -0.2) is 59.6 Å². The number of aromatic nitrogens is 3. The summed E-state index contributed by atoms with van der Waals surface area (Å²) in [4.78, 5) is 14.7. The topological polar surface area (TPSA) is 92.4 Å². The second-order valence-electron chi connectivity index (χ2n) is 6.57. The molecule has 0 bridgehead atoms. The highest BCUT2D eigenvalue weighted by molar-refractivity contribution is 5.97. The van der Waals surface area contributed by atoms with Gasteiger partial charge in [0.1, 0.15) is 17.6 Å². The molecule has 1 amide bonds. The molecule has 0 unspecified atom stereocenters. The van der Waals surface area contributed by atoms with Crippen molar-refractivity contribution in [3.05, 3.63) is 47.5 Å². The predicted molar refractivity (Wildman–Crippen MR) is 111 cm³/mol. The zero-order valence-corrected chi connectivity index (χ0v) is 17.1. The number of rotatable bonds is 10. The maximum Gasteiger partial charge on any atom is 0.251 e. The fourth-order valence-electron chi connectivity index (χ4n) is 3.03. The zero-order valence-electron chi connectivity index (χ0n) is 17.1. The summed E-state index contributed by atoms with van der Waals surface area (Å²) < 4.78 is 11.3. The van der Waals surface area contributed by atoms with Crippen LogP contribution in [0.4, 0.5) is 0 Å². The van der Waals surface area contributed by atoms with E-state index in [1.54, 1.807) is 25.3 Å². The molecule has 0 radical (unpaired) electrons. The molecule has 8 heteroatoms. The molecule has 3 aromatic rings. The number of aromatic amines is 1. The first-order chi connectivity index (χ1) is 14.1. The molecule has 2 aromatic carbocycles. The molecule has 8 nitrogen and oxygen atoms in total. The van der Waals surface area contributed by atoms with E-state index < -0.39 is 0 Å². The molecule has 154 valence electrons. The molecule has 0 aliphatic heterocycles. The highest BCUT2D eigenvalue weighted by Gasteiger charge is 2.10. The lowest BCUT2D eigenvalue weighted by Gasteiger charge is -2.19. The van der Waals surface area contributed by atoms with Gasteiger partial charge in [-0.15, -0.1) is 0 Å². The van der Waals surface area contributed by atoms with Gasteiger partial charge in [-0.3, -0.25) is 4.79 Å². The van der Waals surface area contributed by atoms with Crippen LogP contribution in [0.3, 0.4) is 0 Å². The minimum absolute atomic E-state index is 0.173. The third kappa shape index (κ3) is 5.23. The summed E-state index contributed by atoms with van der Waals surface area (Å²) in [6.45, 7) is 8.11. The number of benzene rings is 2. The Labute approximate surface area is 170 Å². The van der Waals surface area contributed by atoms with Crippen LogP contribution >= 0.6 is 0 Å². The number of nitrogens with one attached hydrogen (secondary N) is 2. The summed E-state index contributed by atoms with van der Waals surface area (Å²) in [5.41, 5.74) is 2.84. The van der Waals surface area contributed by atoms with Gasteiger partial charge < -0.3 is 19.7 Å². The van der Waals surface area contributed by atoms with Crippen LogP contribution in [0.5, 0.6) is 11.5 Å². The molecule has 0 aliphatic rings. The molecular formula is C21H27N5O3. The fourth-order valence-corrected chi connectivity index (χ4v) is 3.03. The van der Waals surface area contributed by atoms with Crippen LogP contribution in [0.15, 0.2) is 36.4 Å². The first-order valence-electron chi connectivity index (χ1n) is 9.75. The molecule has 0 fully saturated rings. The molecule has 0 atom stereocenters. The number of ether oxygens (including phenoxy) is 2. The van der Waals surface area contributed by atoms with E-state index in [1.165, 1.54) is 0 Å². The zero-order chi connectivity index (χ0) is 20.6. The van der Waals surface area contributed by atoms with Gasteiger partial charge in [-0.25, -0.2) is 0 Å². The van der Waals surface area contributed by atoms with E-state index in [4.69, 9.17) is 9.47 Å². The lowest BCUT2D eigenvalue weighted by Crippen LogP contribution is -2.28. The second-order valence-corrected chi connectivity index (χ2v) is 6.57. The normalized spacial score (nSPS) is 11.0. The van der Waals surface area contributed by atoms with Gasteiger partial charge in [0, 0.05) is 18.7 Å². The molecule has 1 heterocycles. The number of methoxy groups -OCH3 is 1. The number of carbonyl (C=O) groups is 1. The van der Waals surface area contributed by atoms with E-state index in [-0.39, 0.29) is 5.91 Å². The van der Waals surface area contributed by atoms with Crippen molar-refractivity contribution in [1.82, 2.24) is 25.6 Å². The molecule has 1 aromatic heterocycles. The van der Waals surface area contributed by atoms with Crippen molar-refractivity contribution < 1.29 is 14.3 Å². The number of nitrogens with zero attached hydrogens (tertiary/aromatic N) is 3. The molecule has 0 saturated carbocycles. The van der Waals surface area contributed by atoms with E-state index in [1.807, 2.05) is 18.2 Å². The quantitative estimate of drug-likeness (QED) is 0.546. The number of amides is 1. The van der Waals surface area contributed by atoms with E-state index >= 15 is 0 Å². The smallest absolute Gasteiger partial charge is 0.251 e. The minimum Gasteiger partial charge on any atom is -0.493 e. The lowest BCUT2D eigenvalue weighted by atomic mass is 10.1. The number of fused-ring (bicyclic) bond motifs is 1. The van der Waals surface area contributed by atoms with Crippen LogP contribution in [0.2, 0.25) is 0 Å². The SMILES string of the molecule is CCN(CC)CCOc1ccc(CNC(=O)c2ccc3n[nH]nc3c2)cc1OC. The van der Waals surface area contributed by atoms with Crippen molar-refractivity contribution >= 4 is 16.9 Å². The third-order valence-electron chi connectivity index (χ3n) is 4.82. The van der Waals surface area contributed by atoms with E-state index in [0.717, 1.165) is 30.7 Å². The van der Waals surface area contributed by atoms with E-state index in [9.17, 15) is 4.79 Å². The van der Waals surface area contributed by atoms with Crippen LogP contribution in [0.25, 0.3) is 11.0 Å². The number of likely N-dealkylation sites (N-methyl/N-ethyl adjacent to an activating group) is 1. The van der Waals surface area contributed by atoms with Gasteiger partial charge in [-0.05, 0) is 49.0 Å². The number of hydrogen-bond donors (Lipinski definition) is 2. The maximum atomic E-state index is 12.4. The summed E-state index contributed by atoms with van der Waals surface area (Å²) in [6.07, 6.45) is 0. The van der Waals surface area contributed by atoms with Gasteiger partial charge >= 0.3 is 0 Å². The molecule has 0 aliphatic carbocycles. The molecule has 0 saturated heterocycles. The largest absolute Gasteiger partial charge is 0.493 e.